The van der Waals surface area contributed by atoms with Gasteiger partial charge < -0.3 is 28.5 Å². The number of aromatic nitrogens is 3. The minimum absolute atomic E-state index is 0.129. The van der Waals surface area contributed by atoms with Gasteiger partial charge >= 0.3 is 0 Å². The summed E-state index contributed by atoms with van der Waals surface area (Å²) in [5.41, 5.74) is 6.59. The molecule has 0 saturated carbocycles. The van der Waals surface area contributed by atoms with Crippen molar-refractivity contribution < 1.29 is 23.5 Å². The summed E-state index contributed by atoms with van der Waals surface area (Å²) >= 11 is 0. The monoisotopic (exact) mass is 569 g/mol. The summed E-state index contributed by atoms with van der Waals surface area (Å²) in [6, 6.07) is 14.6. The lowest BCUT2D eigenvalue weighted by molar-refractivity contribution is 0.0570. The molecule has 10 nitrogen and oxygen atoms in total. The van der Waals surface area contributed by atoms with Gasteiger partial charge in [0, 0.05) is 50.6 Å². The van der Waals surface area contributed by atoms with Gasteiger partial charge in [-0.2, -0.15) is 0 Å². The molecule has 0 aliphatic carbocycles. The van der Waals surface area contributed by atoms with Crippen molar-refractivity contribution in [1.82, 2.24) is 20.0 Å². The molecule has 2 bridgehead atoms. The Morgan fingerprint density at radius 3 is 2.40 bits per heavy atom. The summed E-state index contributed by atoms with van der Waals surface area (Å²) in [6.45, 7) is 8.74. The molecule has 0 radical (unpaired) electrons. The largest absolute Gasteiger partial charge is 0.491 e. The number of benzene rings is 2. The first-order valence-corrected chi connectivity index (χ1v) is 14.3. The number of aryl methyl sites for hydroxylation is 2. The van der Waals surface area contributed by atoms with Gasteiger partial charge in [0.05, 0.1) is 37.7 Å². The number of amides is 1. The Morgan fingerprint density at radius 2 is 1.62 bits per heavy atom. The highest BCUT2D eigenvalue weighted by Crippen LogP contribution is 2.32. The van der Waals surface area contributed by atoms with Crippen LogP contribution in [0.15, 0.2) is 59.4 Å². The number of nitrogens with zero attached hydrogens (tertiary/aromatic N) is 5. The number of carbonyl (C=O) groups is 1. The molecule has 0 unspecified atom stereocenters. The first-order chi connectivity index (χ1) is 20.5. The molecule has 4 aromatic rings. The zero-order valence-corrected chi connectivity index (χ0v) is 24.0. The quantitative estimate of drug-likeness (QED) is 0.359. The first kappa shape index (κ1) is 27.9. The predicted octanol–water partition coefficient (Wildman–Crippen LogP) is 4.23. The van der Waals surface area contributed by atoms with E-state index in [4.69, 9.17) is 18.7 Å². The van der Waals surface area contributed by atoms with Gasteiger partial charge in [0.25, 0.3) is 5.91 Å². The molecule has 2 aliphatic heterocycles. The van der Waals surface area contributed by atoms with Crippen molar-refractivity contribution in [3.8, 4) is 16.9 Å². The molecule has 0 N–H and O–H groups in total. The first-order valence-electron chi connectivity index (χ1n) is 14.3. The van der Waals surface area contributed by atoms with Crippen molar-refractivity contribution in [3.63, 3.8) is 0 Å². The fraction of sp³-hybridized carbons (Fsp3) is 0.375. The molecule has 6 rings (SSSR count). The molecular formula is C32H35N5O5. The molecule has 1 saturated heterocycles. The Bertz CT molecular complexity index is 1510. The van der Waals surface area contributed by atoms with Crippen molar-refractivity contribution in [2.75, 3.05) is 57.6 Å². The predicted molar refractivity (Wildman–Crippen MR) is 157 cm³/mol. The van der Waals surface area contributed by atoms with Crippen LogP contribution in [0.3, 0.4) is 0 Å². The van der Waals surface area contributed by atoms with Crippen LogP contribution in [0.1, 0.15) is 38.5 Å². The third kappa shape index (κ3) is 6.29. The molecule has 42 heavy (non-hydrogen) atoms. The van der Waals surface area contributed by atoms with Crippen LogP contribution in [0, 0.1) is 13.8 Å². The number of fused-ring (bicyclic) bond motifs is 3. The second-order valence-corrected chi connectivity index (χ2v) is 10.6. The van der Waals surface area contributed by atoms with E-state index in [1.54, 1.807) is 17.3 Å². The van der Waals surface area contributed by atoms with Crippen molar-refractivity contribution in [1.29, 1.82) is 0 Å². The fourth-order valence-corrected chi connectivity index (χ4v) is 5.47. The van der Waals surface area contributed by atoms with Crippen molar-refractivity contribution in [2.45, 2.75) is 26.8 Å². The number of carbonyl (C=O) groups excluding carboxylic acids is 1. The summed E-state index contributed by atoms with van der Waals surface area (Å²) in [5.74, 6) is 2.10. The average molecular weight is 570 g/mol. The topological polar surface area (TPSA) is 103 Å². The lowest BCUT2D eigenvalue weighted by atomic mass is 9.96. The van der Waals surface area contributed by atoms with E-state index in [1.807, 2.05) is 38.1 Å². The molecule has 1 fully saturated rings. The van der Waals surface area contributed by atoms with Gasteiger partial charge in [-0.15, -0.1) is 0 Å². The maximum absolute atomic E-state index is 13.6. The summed E-state index contributed by atoms with van der Waals surface area (Å²) in [6.07, 6.45) is 3.90. The average Bonchev–Trinajstić information content (AvgIpc) is 3.36. The van der Waals surface area contributed by atoms with Crippen LogP contribution in [-0.2, 0) is 22.4 Å². The smallest absolute Gasteiger partial charge is 0.257 e. The van der Waals surface area contributed by atoms with Crippen molar-refractivity contribution in [3.05, 3.63) is 88.6 Å². The molecular weight excluding hydrogens is 534 g/mol. The minimum Gasteiger partial charge on any atom is -0.491 e. The highest BCUT2D eigenvalue weighted by Gasteiger charge is 2.20. The highest BCUT2D eigenvalue weighted by atomic mass is 16.5. The molecule has 0 atom stereocenters. The Kier molecular flexibility index (Phi) is 8.43. The summed E-state index contributed by atoms with van der Waals surface area (Å²) < 4.78 is 22.9. The number of anilines is 1. The Morgan fingerprint density at radius 1 is 0.857 bits per heavy atom. The van der Waals surface area contributed by atoms with Crippen LogP contribution in [0.25, 0.3) is 11.1 Å². The number of rotatable bonds is 3. The molecule has 2 aromatic heterocycles. The van der Waals surface area contributed by atoms with E-state index in [0.717, 1.165) is 58.1 Å². The Labute approximate surface area is 245 Å². The Balaban J connectivity index is 1.24. The molecule has 4 heterocycles. The van der Waals surface area contributed by atoms with Crippen LogP contribution in [0.2, 0.25) is 0 Å². The molecule has 1 amide bonds. The molecule has 2 aromatic carbocycles. The zero-order chi connectivity index (χ0) is 28.9. The molecule has 0 spiro atoms. The third-order valence-electron chi connectivity index (χ3n) is 7.60. The van der Waals surface area contributed by atoms with E-state index in [9.17, 15) is 4.79 Å². The van der Waals surface area contributed by atoms with Crippen LogP contribution in [0.5, 0.6) is 5.75 Å². The SMILES string of the molecule is Cc1noc(C)c1-c1ccc2c(c1)Cc1cccc(c1)CN(C(=O)c1cnc(N3CCOCC3)nc1)CCOCCO2. The highest BCUT2D eigenvalue weighted by molar-refractivity contribution is 5.93. The lowest BCUT2D eigenvalue weighted by Gasteiger charge is -2.27. The minimum atomic E-state index is -0.129. The van der Waals surface area contributed by atoms with E-state index in [1.165, 1.54) is 0 Å². The van der Waals surface area contributed by atoms with Gasteiger partial charge in [0.2, 0.25) is 5.95 Å². The van der Waals surface area contributed by atoms with Gasteiger partial charge in [0.1, 0.15) is 18.1 Å². The van der Waals surface area contributed by atoms with Gasteiger partial charge in [-0.3, -0.25) is 4.79 Å². The normalized spacial score (nSPS) is 16.3. The van der Waals surface area contributed by atoms with E-state index >= 15 is 0 Å². The van der Waals surface area contributed by atoms with E-state index in [0.29, 0.717) is 64.1 Å². The van der Waals surface area contributed by atoms with Gasteiger partial charge in [-0.05, 0) is 48.2 Å². The van der Waals surface area contributed by atoms with Crippen LogP contribution >= 0.6 is 0 Å². The van der Waals surface area contributed by atoms with Crippen molar-refractivity contribution in [2.24, 2.45) is 0 Å². The molecule has 10 heteroatoms. The maximum atomic E-state index is 13.6. The molecule has 2 aliphatic rings. The van der Waals surface area contributed by atoms with E-state index in [2.05, 4.69) is 38.2 Å². The summed E-state index contributed by atoms with van der Waals surface area (Å²) in [4.78, 5) is 26.4. The number of hydrogen-bond acceptors (Lipinski definition) is 9. The summed E-state index contributed by atoms with van der Waals surface area (Å²) in [7, 11) is 0. The third-order valence-corrected chi connectivity index (χ3v) is 7.60. The standard InChI is InChI=1S/C32H35N5O5/c1-22-30(23(2)42-35-22)26-6-7-29-27(18-26)17-24-4-3-5-25(16-24)21-37(10-13-40-14-15-41-29)31(38)28-19-33-32(34-20-28)36-8-11-39-12-9-36/h3-7,16,18-20H,8-15,17,21H2,1-2H3. The Hall–Kier alpha value is -4.28. The zero-order valence-electron chi connectivity index (χ0n) is 24.0. The number of hydrogen-bond donors (Lipinski definition) is 0. The maximum Gasteiger partial charge on any atom is 0.257 e. The van der Waals surface area contributed by atoms with Crippen LogP contribution in [0.4, 0.5) is 5.95 Å². The second kappa shape index (κ2) is 12.7. The second-order valence-electron chi connectivity index (χ2n) is 10.6. The molecule has 218 valence electrons. The van der Waals surface area contributed by atoms with Gasteiger partial charge in [0.15, 0.2) is 0 Å². The number of ether oxygens (including phenoxy) is 3. The van der Waals surface area contributed by atoms with E-state index < -0.39 is 0 Å². The van der Waals surface area contributed by atoms with Gasteiger partial charge in [-0.1, -0.05) is 35.5 Å². The summed E-state index contributed by atoms with van der Waals surface area (Å²) in [5, 5.41) is 4.13. The lowest BCUT2D eigenvalue weighted by Crippen LogP contribution is -2.37. The fourth-order valence-electron chi connectivity index (χ4n) is 5.47. The van der Waals surface area contributed by atoms with Crippen LogP contribution < -0.4 is 9.64 Å². The number of morpholine rings is 1. The van der Waals surface area contributed by atoms with Crippen LogP contribution in [-0.4, -0.2) is 78.6 Å². The van der Waals surface area contributed by atoms with E-state index in [-0.39, 0.29) is 5.91 Å². The van der Waals surface area contributed by atoms with Gasteiger partial charge in [-0.25, -0.2) is 9.97 Å². The van der Waals surface area contributed by atoms with Crippen molar-refractivity contribution >= 4 is 11.9 Å².